The van der Waals surface area contributed by atoms with Crippen LogP contribution in [0.4, 0.5) is 26.3 Å². The normalized spacial score (nSPS) is 14.4. The number of morpholine rings is 1. The number of aromatic nitrogens is 4. The van der Waals surface area contributed by atoms with Crippen molar-refractivity contribution in [3.8, 4) is 11.3 Å². The molecule has 10 nitrogen and oxygen atoms in total. The van der Waals surface area contributed by atoms with Crippen LogP contribution in [0.2, 0.25) is 0 Å². The van der Waals surface area contributed by atoms with E-state index >= 15 is 0 Å². The first-order valence-corrected chi connectivity index (χ1v) is 12.2. The van der Waals surface area contributed by atoms with E-state index in [2.05, 4.69) is 61.3 Å². The van der Waals surface area contributed by atoms with Gasteiger partial charge in [-0.2, -0.15) is 26.3 Å². The second-order valence-corrected chi connectivity index (χ2v) is 8.83. The van der Waals surface area contributed by atoms with E-state index in [4.69, 9.17) is 24.5 Å². The summed E-state index contributed by atoms with van der Waals surface area (Å²) in [5.41, 5.74) is 6.21. The Morgan fingerprint density at radius 2 is 1.62 bits per heavy atom. The highest BCUT2D eigenvalue weighted by atomic mass is 19.4. The molecule has 1 saturated heterocycles. The molecule has 0 radical (unpaired) electrons. The number of hydrogen-bond acceptors (Lipinski definition) is 6. The summed E-state index contributed by atoms with van der Waals surface area (Å²) in [4.78, 5) is 35.9. The van der Waals surface area contributed by atoms with E-state index in [0.29, 0.717) is 0 Å². The topological polar surface area (TPSA) is 144 Å². The zero-order valence-electron chi connectivity index (χ0n) is 21.9. The Morgan fingerprint density at radius 3 is 2.21 bits per heavy atom. The van der Waals surface area contributed by atoms with Gasteiger partial charge in [0.25, 0.3) is 0 Å². The zero-order valence-corrected chi connectivity index (χ0v) is 21.9. The molecule has 4 heterocycles. The molecule has 0 spiro atoms. The molecule has 1 aliphatic rings. The van der Waals surface area contributed by atoms with Crippen LogP contribution in [0.5, 0.6) is 0 Å². The van der Waals surface area contributed by atoms with Crippen LogP contribution in [0.3, 0.4) is 0 Å². The third-order valence-corrected chi connectivity index (χ3v) is 5.71. The highest BCUT2D eigenvalue weighted by Gasteiger charge is 2.38. The van der Waals surface area contributed by atoms with Crippen molar-refractivity contribution >= 4 is 40.1 Å². The van der Waals surface area contributed by atoms with Gasteiger partial charge in [-0.3, -0.25) is 4.90 Å². The molecule has 0 aliphatic carbocycles. The van der Waals surface area contributed by atoms with Gasteiger partial charge in [-0.15, -0.1) is 0 Å². The predicted molar refractivity (Wildman–Crippen MR) is 140 cm³/mol. The number of carboxylic acid groups (broad SMARTS) is 2. The maximum Gasteiger partial charge on any atom is 0.490 e. The van der Waals surface area contributed by atoms with Crippen molar-refractivity contribution in [2.75, 3.05) is 32.8 Å². The van der Waals surface area contributed by atoms with Gasteiger partial charge in [0.1, 0.15) is 5.82 Å². The van der Waals surface area contributed by atoms with E-state index in [9.17, 15) is 26.3 Å². The van der Waals surface area contributed by atoms with Crippen molar-refractivity contribution in [3.05, 3.63) is 54.0 Å². The summed E-state index contributed by atoms with van der Waals surface area (Å²) < 4.78 is 68.9. The van der Waals surface area contributed by atoms with Gasteiger partial charge in [0, 0.05) is 48.0 Å². The van der Waals surface area contributed by atoms with E-state index in [1.54, 1.807) is 0 Å². The number of halogens is 6. The molecule has 0 atom stereocenters. The minimum absolute atomic E-state index is 0.750. The second kappa shape index (κ2) is 13.5. The molecule has 3 aromatic heterocycles. The van der Waals surface area contributed by atoms with Crippen LogP contribution >= 0.6 is 0 Å². The standard InChI is InChI=1S/C22H23N5O.2C2HF3O2/c1-15-24-21-18(6-7-23-22(21)25-15)20-14-17-5-4-16(13-19(17)26-20)3-2-8-27-9-11-28-12-10-27;2*3-2(4,5)1(6)7/h2-7,13-14,26H,8-12H2,1H3,(H,23,24,25);2*(H,6,7)/b3-2+;;. The average Bonchev–Trinajstić information content (AvgIpc) is 3.51. The third kappa shape index (κ3) is 9.04. The lowest BCUT2D eigenvalue weighted by molar-refractivity contribution is -0.193. The van der Waals surface area contributed by atoms with Crippen LogP contribution in [-0.4, -0.2) is 92.2 Å². The fourth-order valence-corrected chi connectivity index (χ4v) is 3.77. The summed E-state index contributed by atoms with van der Waals surface area (Å²) in [5, 5.41) is 15.4. The molecule has 1 fully saturated rings. The number of aryl methyl sites for hydroxylation is 1. The summed E-state index contributed by atoms with van der Waals surface area (Å²) >= 11 is 0. The molecule has 4 aromatic rings. The van der Waals surface area contributed by atoms with Crippen molar-refractivity contribution in [2.45, 2.75) is 19.3 Å². The van der Waals surface area contributed by atoms with E-state index in [1.165, 1.54) is 10.9 Å². The molecule has 5 rings (SSSR count). The van der Waals surface area contributed by atoms with Gasteiger partial charge in [0.15, 0.2) is 5.65 Å². The van der Waals surface area contributed by atoms with E-state index in [-0.39, 0.29) is 0 Å². The molecule has 0 amide bonds. The number of nitrogens with zero attached hydrogens (tertiary/aromatic N) is 3. The van der Waals surface area contributed by atoms with Crippen LogP contribution in [0.15, 0.2) is 42.6 Å². The minimum Gasteiger partial charge on any atom is -0.475 e. The van der Waals surface area contributed by atoms with Crippen molar-refractivity contribution in [2.24, 2.45) is 0 Å². The number of fused-ring (bicyclic) bond motifs is 2. The summed E-state index contributed by atoms with van der Waals surface area (Å²) in [7, 11) is 0. The molecule has 226 valence electrons. The number of rotatable bonds is 4. The van der Waals surface area contributed by atoms with Gasteiger partial charge < -0.3 is 24.9 Å². The Bertz CT molecular complexity index is 1530. The fraction of sp³-hybridized carbons (Fsp3) is 0.308. The summed E-state index contributed by atoms with van der Waals surface area (Å²) in [6.07, 6.45) is -3.93. The number of ether oxygens (including phenoxy) is 1. The highest BCUT2D eigenvalue weighted by molar-refractivity contribution is 5.94. The molecular formula is C26H25F6N5O5. The number of H-pyrrole nitrogens is 2. The largest absolute Gasteiger partial charge is 0.490 e. The number of aromatic amines is 2. The Balaban J connectivity index is 0.000000289. The zero-order chi connectivity index (χ0) is 31.1. The lowest BCUT2D eigenvalue weighted by Crippen LogP contribution is -2.36. The van der Waals surface area contributed by atoms with Gasteiger partial charge in [0.05, 0.1) is 18.7 Å². The van der Waals surface area contributed by atoms with E-state index in [0.717, 1.165) is 66.6 Å². The number of benzene rings is 1. The summed E-state index contributed by atoms with van der Waals surface area (Å²) in [5.74, 6) is -4.64. The van der Waals surface area contributed by atoms with Gasteiger partial charge >= 0.3 is 24.3 Å². The van der Waals surface area contributed by atoms with Crippen molar-refractivity contribution in [1.29, 1.82) is 0 Å². The number of nitrogens with one attached hydrogen (secondary N) is 2. The first kappa shape index (κ1) is 32.1. The molecule has 0 unspecified atom stereocenters. The number of alkyl halides is 6. The van der Waals surface area contributed by atoms with Crippen LogP contribution < -0.4 is 0 Å². The SMILES string of the molecule is Cc1nc2nccc(-c3cc4ccc(/C=C/CN5CCOCC5)cc4[nH]3)c2[nH]1.O=C(O)C(F)(F)F.O=C(O)C(F)(F)F. The number of imidazole rings is 1. The van der Waals surface area contributed by atoms with Crippen LogP contribution in [-0.2, 0) is 14.3 Å². The van der Waals surface area contributed by atoms with Gasteiger partial charge in [-0.1, -0.05) is 24.3 Å². The van der Waals surface area contributed by atoms with Gasteiger partial charge in [0.2, 0.25) is 0 Å². The first-order valence-electron chi connectivity index (χ1n) is 12.2. The maximum absolute atomic E-state index is 10.6. The molecule has 4 N–H and O–H groups in total. The average molecular weight is 602 g/mol. The second-order valence-electron chi connectivity index (χ2n) is 8.83. The smallest absolute Gasteiger partial charge is 0.475 e. The summed E-state index contributed by atoms with van der Waals surface area (Å²) in [6, 6.07) is 10.7. The predicted octanol–water partition coefficient (Wildman–Crippen LogP) is 5.03. The Kier molecular flexibility index (Phi) is 10.3. The number of carbonyl (C=O) groups is 2. The quantitative estimate of drug-likeness (QED) is 0.239. The first-order chi connectivity index (χ1) is 19.6. The fourth-order valence-electron chi connectivity index (χ4n) is 3.77. The van der Waals surface area contributed by atoms with Crippen LogP contribution in [0.1, 0.15) is 11.4 Å². The molecule has 16 heteroatoms. The van der Waals surface area contributed by atoms with Crippen molar-refractivity contribution in [3.63, 3.8) is 0 Å². The summed E-state index contributed by atoms with van der Waals surface area (Å²) in [6.45, 7) is 6.61. The highest BCUT2D eigenvalue weighted by Crippen LogP contribution is 2.29. The van der Waals surface area contributed by atoms with Crippen molar-refractivity contribution in [1.82, 2.24) is 24.8 Å². The van der Waals surface area contributed by atoms with Gasteiger partial charge in [-0.25, -0.2) is 19.6 Å². The third-order valence-electron chi connectivity index (χ3n) is 5.71. The van der Waals surface area contributed by atoms with Crippen molar-refractivity contribution < 1.29 is 50.9 Å². The number of pyridine rings is 1. The van der Waals surface area contributed by atoms with E-state index in [1.807, 2.05) is 19.2 Å². The van der Waals surface area contributed by atoms with Crippen LogP contribution in [0.25, 0.3) is 39.4 Å². The number of carboxylic acids is 2. The Morgan fingerprint density at radius 1 is 1.00 bits per heavy atom. The Labute approximate surface area is 233 Å². The molecule has 0 bridgehead atoms. The number of hydrogen-bond donors (Lipinski definition) is 4. The van der Waals surface area contributed by atoms with E-state index < -0.39 is 24.3 Å². The monoisotopic (exact) mass is 601 g/mol. The molecule has 1 aliphatic heterocycles. The molecule has 1 aromatic carbocycles. The number of aliphatic carboxylic acids is 2. The molecular weight excluding hydrogens is 576 g/mol. The minimum atomic E-state index is -5.08. The lowest BCUT2D eigenvalue weighted by atomic mass is 10.1. The molecule has 0 saturated carbocycles. The van der Waals surface area contributed by atoms with Crippen LogP contribution in [0, 0.1) is 6.92 Å². The lowest BCUT2D eigenvalue weighted by Gasteiger charge is -2.25. The van der Waals surface area contributed by atoms with Gasteiger partial charge in [-0.05, 0) is 30.7 Å². The Hall–Kier alpha value is -4.44. The molecule has 42 heavy (non-hydrogen) atoms. The maximum atomic E-state index is 10.6.